The van der Waals surface area contributed by atoms with E-state index < -0.39 is 6.04 Å². The molecular weight excluding hydrogens is 254 g/mol. The molecule has 1 unspecified atom stereocenters. The first-order valence-electron chi connectivity index (χ1n) is 5.62. The lowest BCUT2D eigenvalue weighted by Crippen LogP contribution is -2.44. The minimum atomic E-state index is -0.480. The molecule has 0 saturated heterocycles. The zero-order valence-electron chi connectivity index (χ0n) is 10.1. The van der Waals surface area contributed by atoms with Crippen LogP contribution in [0.15, 0.2) is 29.4 Å². The molecule has 0 heterocycles. The van der Waals surface area contributed by atoms with Crippen molar-refractivity contribution in [2.75, 3.05) is 0 Å². The molecule has 1 atom stereocenters. The maximum absolute atomic E-state index is 11.9. The van der Waals surface area contributed by atoms with Gasteiger partial charge in [0.2, 0.25) is 0 Å². The van der Waals surface area contributed by atoms with Gasteiger partial charge in [0.05, 0.1) is 6.04 Å². The highest BCUT2D eigenvalue weighted by atomic mass is 35.5. The zero-order valence-corrected chi connectivity index (χ0v) is 10.8. The molecule has 1 aromatic rings. The minimum Gasteiger partial charge on any atom is -0.409 e. The normalized spacial score (nSPS) is 13.1. The summed E-state index contributed by atoms with van der Waals surface area (Å²) in [6.45, 7) is 1.95. The van der Waals surface area contributed by atoms with Crippen LogP contribution in [0.2, 0.25) is 5.02 Å². The number of hydrogen-bond donors (Lipinski definition) is 3. The van der Waals surface area contributed by atoms with E-state index in [0.717, 1.165) is 6.42 Å². The quantitative estimate of drug-likeness (QED) is 0.331. The molecule has 0 aromatic heterocycles. The number of amides is 1. The van der Waals surface area contributed by atoms with Gasteiger partial charge in [-0.1, -0.05) is 36.2 Å². The van der Waals surface area contributed by atoms with Crippen LogP contribution in [0.3, 0.4) is 0 Å². The van der Waals surface area contributed by atoms with Crippen LogP contribution in [-0.2, 0) is 0 Å². The number of nitrogens with one attached hydrogen (secondary N) is 1. The number of nitrogens with zero attached hydrogens (tertiary/aromatic N) is 1. The van der Waals surface area contributed by atoms with Crippen LogP contribution in [0.1, 0.15) is 30.1 Å². The molecule has 6 heteroatoms. The van der Waals surface area contributed by atoms with Gasteiger partial charge >= 0.3 is 0 Å². The van der Waals surface area contributed by atoms with Gasteiger partial charge in [0.25, 0.3) is 5.91 Å². The molecule has 18 heavy (non-hydrogen) atoms. The smallest absolute Gasteiger partial charge is 0.251 e. The Labute approximate surface area is 111 Å². The fourth-order valence-electron chi connectivity index (χ4n) is 1.52. The molecular formula is C12H16ClN3O2. The molecule has 0 aliphatic rings. The highest BCUT2D eigenvalue weighted by Gasteiger charge is 2.17. The maximum atomic E-state index is 11.9. The van der Waals surface area contributed by atoms with E-state index in [1.807, 2.05) is 6.92 Å². The van der Waals surface area contributed by atoms with Crippen molar-refractivity contribution < 1.29 is 10.0 Å². The van der Waals surface area contributed by atoms with Crippen LogP contribution in [-0.4, -0.2) is 23.0 Å². The molecule has 98 valence electrons. The van der Waals surface area contributed by atoms with E-state index in [-0.39, 0.29) is 11.7 Å². The van der Waals surface area contributed by atoms with E-state index in [4.69, 9.17) is 22.5 Å². The van der Waals surface area contributed by atoms with E-state index >= 15 is 0 Å². The summed E-state index contributed by atoms with van der Waals surface area (Å²) in [6.07, 6.45) is 1.40. The topological polar surface area (TPSA) is 87.7 Å². The number of carbonyl (C=O) groups is 1. The summed E-state index contributed by atoms with van der Waals surface area (Å²) in [4.78, 5) is 11.9. The van der Waals surface area contributed by atoms with Gasteiger partial charge in [-0.3, -0.25) is 4.79 Å². The summed E-state index contributed by atoms with van der Waals surface area (Å²) in [5.74, 6) is -0.310. The van der Waals surface area contributed by atoms with Gasteiger partial charge in [0, 0.05) is 10.6 Å². The van der Waals surface area contributed by atoms with Gasteiger partial charge in [-0.05, 0) is 24.6 Å². The minimum absolute atomic E-state index is 0.00720. The number of halogens is 1. The molecule has 0 aliphatic heterocycles. The summed E-state index contributed by atoms with van der Waals surface area (Å²) in [7, 11) is 0. The first-order valence-corrected chi connectivity index (χ1v) is 6.00. The molecule has 5 nitrogen and oxygen atoms in total. The summed E-state index contributed by atoms with van der Waals surface area (Å²) in [6, 6.07) is 6.11. The molecule has 4 N–H and O–H groups in total. The second-order valence-corrected chi connectivity index (χ2v) is 4.29. The number of oxime groups is 1. The molecule has 0 fully saturated rings. The number of hydrogen-bond acceptors (Lipinski definition) is 3. The summed E-state index contributed by atoms with van der Waals surface area (Å²) in [5.41, 5.74) is 5.96. The molecule has 0 aliphatic carbocycles. The number of carbonyl (C=O) groups excluding carboxylic acids is 1. The van der Waals surface area contributed by atoms with Crippen LogP contribution in [0.4, 0.5) is 0 Å². The van der Waals surface area contributed by atoms with Gasteiger partial charge in [0.1, 0.15) is 0 Å². The van der Waals surface area contributed by atoms with E-state index in [9.17, 15) is 4.79 Å². The second kappa shape index (κ2) is 6.86. The SMILES string of the molecule is CCCC(NC(=O)c1cccc(Cl)c1)/C(N)=N/O. The summed E-state index contributed by atoms with van der Waals surface area (Å²) < 4.78 is 0. The van der Waals surface area contributed by atoms with Gasteiger partial charge in [-0.25, -0.2) is 0 Å². The predicted octanol–water partition coefficient (Wildman–Crippen LogP) is 1.98. The van der Waals surface area contributed by atoms with Crippen LogP contribution in [0, 0.1) is 0 Å². The van der Waals surface area contributed by atoms with E-state index in [1.54, 1.807) is 24.3 Å². The standard InChI is InChI=1S/C12H16ClN3O2/c1-2-4-10(11(14)16-18)15-12(17)8-5-3-6-9(13)7-8/h3,5-7,10,18H,2,4H2,1H3,(H2,14,16)(H,15,17). The van der Waals surface area contributed by atoms with Crippen molar-refractivity contribution in [1.82, 2.24) is 5.32 Å². The largest absolute Gasteiger partial charge is 0.409 e. The lowest BCUT2D eigenvalue weighted by Gasteiger charge is -2.16. The van der Waals surface area contributed by atoms with Crippen molar-refractivity contribution in [2.24, 2.45) is 10.9 Å². The Morgan fingerprint density at radius 3 is 2.89 bits per heavy atom. The second-order valence-electron chi connectivity index (χ2n) is 3.85. The molecule has 0 spiro atoms. The van der Waals surface area contributed by atoms with Gasteiger partial charge in [-0.15, -0.1) is 0 Å². The Balaban J connectivity index is 2.78. The molecule has 0 saturated carbocycles. The van der Waals surface area contributed by atoms with Gasteiger partial charge in [-0.2, -0.15) is 0 Å². The van der Waals surface area contributed by atoms with Crippen molar-refractivity contribution in [1.29, 1.82) is 0 Å². The molecule has 0 bridgehead atoms. The van der Waals surface area contributed by atoms with Crippen molar-refractivity contribution in [3.63, 3.8) is 0 Å². The van der Waals surface area contributed by atoms with Crippen molar-refractivity contribution in [3.8, 4) is 0 Å². The Morgan fingerprint density at radius 2 is 2.33 bits per heavy atom. The highest BCUT2D eigenvalue weighted by molar-refractivity contribution is 6.31. The Bertz CT molecular complexity index is 449. The average Bonchev–Trinajstić information content (AvgIpc) is 2.37. The number of nitrogens with two attached hydrogens (primary N) is 1. The van der Waals surface area contributed by atoms with Crippen LogP contribution < -0.4 is 11.1 Å². The van der Waals surface area contributed by atoms with E-state index in [1.165, 1.54) is 0 Å². The lowest BCUT2D eigenvalue weighted by molar-refractivity contribution is 0.0945. The molecule has 1 rings (SSSR count). The predicted molar refractivity (Wildman–Crippen MR) is 71.0 cm³/mol. The van der Waals surface area contributed by atoms with Gasteiger partial charge < -0.3 is 16.3 Å². The Morgan fingerprint density at radius 1 is 1.61 bits per heavy atom. The monoisotopic (exact) mass is 269 g/mol. The number of amidine groups is 1. The Kier molecular flexibility index (Phi) is 5.45. The molecule has 1 amide bonds. The van der Waals surface area contributed by atoms with Crippen LogP contribution in [0.5, 0.6) is 0 Å². The summed E-state index contributed by atoms with van der Waals surface area (Å²) >= 11 is 5.81. The third-order valence-corrected chi connectivity index (χ3v) is 2.68. The number of rotatable bonds is 5. The number of benzene rings is 1. The van der Waals surface area contributed by atoms with Crippen molar-refractivity contribution >= 4 is 23.3 Å². The average molecular weight is 270 g/mol. The van der Waals surface area contributed by atoms with Gasteiger partial charge in [0.15, 0.2) is 5.84 Å². The lowest BCUT2D eigenvalue weighted by atomic mass is 10.1. The molecule has 0 radical (unpaired) electrons. The zero-order chi connectivity index (χ0) is 13.5. The van der Waals surface area contributed by atoms with Crippen molar-refractivity contribution in [3.05, 3.63) is 34.9 Å². The fourth-order valence-corrected chi connectivity index (χ4v) is 1.71. The first kappa shape index (κ1) is 14.3. The Hall–Kier alpha value is -1.75. The first-order chi connectivity index (χ1) is 8.58. The highest BCUT2D eigenvalue weighted by Crippen LogP contribution is 2.11. The van der Waals surface area contributed by atoms with Crippen LogP contribution >= 0.6 is 11.6 Å². The van der Waals surface area contributed by atoms with Crippen molar-refractivity contribution in [2.45, 2.75) is 25.8 Å². The maximum Gasteiger partial charge on any atom is 0.251 e. The fraction of sp³-hybridized carbons (Fsp3) is 0.333. The molecule has 1 aromatic carbocycles. The third-order valence-electron chi connectivity index (χ3n) is 2.44. The van der Waals surface area contributed by atoms with E-state index in [2.05, 4.69) is 10.5 Å². The third kappa shape index (κ3) is 3.92. The van der Waals surface area contributed by atoms with Crippen LogP contribution in [0.25, 0.3) is 0 Å². The summed E-state index contributed by atoms with van der Waals surface area (Å²) in [5, 5.41) is 14.8. The van der Waals surface area contributed by atoms with E-state index in [0.29, 0.717) is 17.0 Å².